The molecule has 2 aromatic rings. The Balaban J connectivity index is 0.00000288. The first-order chi connectivity index (χ1) is 11.1. The summed E-state index contributed by atoms with van der Waals surface area (Å²) in [7, 11) is 0. The molecule has 0 aliphatic heterocycles. The molecule has 0 aliphatic rings. The molecular formula is C16H23IN4OS2. The summed E-state index contributed by atoms with van der Waals surface area (Å²) in [5.74, 6) is 2.27. The lowest BCUT2D eigenvalue weighted by Gasteiger charge is -2.10. The van der Waals surface area contributed by atoms with Crippen molar-refractivity contribution in [3.63, 3.8) is 0 Å². The van der Waals surface area contributed by atoms with Crippen LogP contribution >= 0.6 is 47.1 Å². The van der Waals surface area contributed by atoms with Gasteiger partial charge in [-0.3, -0.25) is 4.99 Å². The van der Waals surface area contributed by atoms with Gasteiger partial charge in [-0.1, -0.05) is 11.8 Å². The van der Waals surface area contributed by atoms with E-state index in [0.717, 1.165) is 28.0 Å². The van der Waals surface area contributed by atoms with E-state index >= 15 is 0 Å². The second-order valence-electron chi connectivity index (χ2n) is 5.08. The van der Waals surface area contributed by atoms with Gasteiger partial charge in [0.05, 0.1) is 6.10 Å². The second kappa shape index (κ2) is 11.5. The predicted molar refractivity (Wildman–Crippen MR) is 115 cm³/mol. The van der Waals surface area contributed by atoms with Gasteiger partial charge in [0.15, 0.2) is 5.96 Å². The lowest BCUT2D eigenvalue weighted by molar-refractivity contribution is 0.242. The van der Waals surface area contributed by atoms with E-state index in [-0.39, 0.29) is 30.1 Å². The molecule has 0 saturated heterocycles. The minimum Gasteiger partial charge on any atom is -0.491 e. The average Bonchev–Trinajstić information content (AvgIpc) is 3.02. The SMILES string of the molecule is CC(C)Oc1ccc(NC(N)=NCCCSc2nccs2)cc1.I. The Hall–Kier alpha value is -1.00. The van der Waals surface area contributed by atoms with E-state index in [9.17, 15) is 0 Å². The molecule has 0 radical (unpaired) electrons. The number of nitrogens with two attached hydrogens (primary N) is 1. The zero-order chi connectivity index (χ0) is 16.5. The quantitative estimate of drug-likeness (QED) is 0.193. The molecule has 1 heterocycles. The van der Waals surface area contributed by atoms with Crippen molar-refractivity contribution in [2.75, 3.05) is 17.6 Å². The van der Waals surface area contributed by atoms with Crippen LogP contribution in [0.25, 0.3) is 0 Å². The fourth-order valence-corrected chi connectivity index (χ4v) is 3.41. The Labute approximate surface area is 168 Å². The van der Waals surface area contributed by atoms with Gasteiger partial charge in [-0.2, -0.15) is 0 Å². The summed E-state index contributed by atoms with van der Waals surface area (Å²) < 4.78 is 6.70. The molecule has 5 nitrogen and oxygen atoms in total. The highest BCUT2D eigenvalue weighted by atomic mass is 127. The zero-order valence-electron chi connectivity index (χ0n) is 13.8. The fourth-order valence-electron chi connectivity index (χ4n) is 1.78. The maximum absolute atomic E-state index is 5.89. The number of aromatic nitrogens is 1. The molecule has 0 bridgehead atoms. The number of benzene rings is 1. The summed E-state index contributed by atoms with van der Waals surface area (Å²) in [6, 6.07) is 7.69. The second-order valence-corrected chi connectivity index (χ2v) is 7.32. The molecule has 0 unspecified atom stereocenters. The summed E-state index contributed by atoms with van der Waals surface area (Å²) in [5, 5.41) is 5.07. The summed E-state index contributed by atoms with van der Waals surface area (Å²) >= 11 is 3.41. The third-order valence-electron chi connectivity index (χ3n) is 2.72. The van der Waals surface area contributed by atoms with Gasteiger partial charge >= 0.3 is 0 Å². The number of rotatable bonds is 8. The van der Waals surface area contributed by atoms with E-state index in [4.69, 9.17) is 10.5 Å². The molecule has 0 amide bonds. The van der Waals surface area contributed by atoms with Crippen molar-refractivity contribution in [1.29, 1.82) is 0 Å². The van der Waals surface area contributed by atoms with E-state index < -0.39 is 0 Å². The fraction of sp³-hybridized carbons (Fsp3) is 0.375. The van der Waals surface area contributed by atoms with Crippen LogP contribution in [0.1, 0.15) is 20.3 Å². The smallest absolute Gasteiger partial charge is 0.193 e. The van der Waals surface area contributed by atoms with Crippen LogP contribution in [0.15, 0.2) is 45.2 Å². The number of nitrogens with one attached hydrogen (secondary N) is 1. The lowest BCUT2D eigenvalue weighted by Crippen LogP contribution is -2.22. The average molecular weight is 478 g/mol. The third kappa shape index (κ3) is 8.20. The van der Waals surface area contributed by atoms with Gasteiger partial charge in [-0.25, -0.2) is 4.98 Å². The highest BCUT2D eigenvalue weighted by molar-refractivity contribution is 14.0. The number of aliphatic imine (C=N–C) groups is 1. The number of hydrogen-bond donors (Lipinski definition) is 2. The topological polar surface area (TPSA) is 72.5 Å². The molecule has 8 heteroatoms. The first-order valence-electron chi connectivity index (χ1n) is 7.49. The van der Waals surface area contributed by atoms with Crippen molar-refractivity contribution in [3.05, 3.63) is 35.8 Å². The molecule has 0 atom stereocenters. The number of halogens is 1. The number of thioether (sulfide) groups is 1. The number of thiazole rings is 1. The first kappa shape index (κ1) is 21.0. The van der Waals surface area contributed by atoms with Gasteiger partial charge in [-0.05, 0) is 44.5 Å². The van der Waals surface area contributed by atoms with Crippen LogP contribution in [0.5, 0.6) is 5.75 Å². The van der Waals surface area contributed by atoms with Gasteiger partial charge in [0.1, 0.15) is 10.1 Å². The number of hydrogen-bond acceptors (Lipinski definition) is 5. The van der Waals surface area contributed by atoms with Crippen LogP contribution in [-0.2, 0) is 0 Å². The molecule has 3 N–H and O–H groups in total. The molecule has 2 rings (SSSR count). The van der Waals surface area contributed by atoms with Gasteiger partial charge < -0.3 is 15.8 Å². The van der Waals surface area contributed by atoms with E-state index in [1.54, 1.807) is 23.1 Å². The standard InChI is InChI=1S/C16H22N4OS2.HI/c1-12(2)21-14-6-4-13(5-7-14)20-15(17)18-8-3-10-22-16-19-9-11-23-16;/h4-7,9,11-12H,3,8,10H2,1-2H3,(H3,17,18,20);1H. The van der Waals surface area contributed by atoms with Crippen molar-refractivity contribution < 1.29 is 4.74 Å². The summed E-state index contributed by atoms with van der Waals surface area (Å²) in [4.78, 5) is 8.56. The molecule has 0 fully saturated rings. The normalized spacial score (nSPS) is 11.2. The number of anilines is 1. The van der Waals surface area contributed by atoms with E-state index in [2.05, 4.69) is 15.3 Å². The molecule has 1 aromatic carbocycles. The number of guanidine groups is 1. The Morgan fingerprint density at radius 3 is 2.75 bits per heavy atom. The number of nitrogens with zero attached hydrogens (tertiary/aromatic N) is 2. The van der Waals surface area contributed by atoms with Crippen LogP contribution in [0.2, 0.25) is 0 Å². The molecule has 132 valence electrons. The van der Waals surface area contributed by atoms with Crippen LogP contribution in [0, 0.1) is 0 Å². The zero-order valence-corrected chi connectivity index (χ0v) is 17.7. The Morgan fingerprint density at radius 1 is 1.38 bits per heavy atom. The van der Waals surface area contributed by atoms with Crippen molar-refractivity contribution in [1.82, 2.24) is 4.98 Å². The Bertz CT molecular complexity index is 603. The maximum atomic E-state index is 5.89. The van der Waals surface area contributed by atoms with Gasteiger partial charge in [0.2, 0.25) is 0 Å². The molecule has 0 aliphatic carbocycles. The summed E-state index contributed by atoms with van der Waals surface area (Å²) in [6.07, 6.45) is 2.96. The largest absolute Gasteiger partial charge is 0.491 e. The Morgan fingerprint density at radius 2 is 2.12 bits per heavy atom. The van der Waals surface area contributed by atoms with Crippen LogP contribution in [0.4, 0.5) is 5.69 Å². The minimum absolute atomic E-state index is 0. The molecule has 1 aromatic heterocycles. The van der Waals surface area contributed by atoms with E-state index in [0.29, 0.717) is 12.5 Å². The molecule has 24 heavy (non-hydrogen) atoms. The highest BCUT2D eigenvalue weighted by Crippen LogP contribution is 2.20. The first-order valence-corrected chi connectivity index (χ1v) is 9.36. The van der Waals surface area contributed by atoms with Crippen molar-refractivity contribution >= 4 is 58.7 Å². The predicted octanol–water partition coefficient (Wildman–Crippen LogP) is 4.46. The van der Waals surface area contributed by atoms with Gasteiger partial charge in [0.25, 0.3) is 0 Å². The van der Waals surface area contributed by atoms with Crippen LogP contribution in [0.3, 0.4) is 0 Å². The molecular weight excluding hydrogens is 455 g/mol. The third-order valence-corrected chi connectivity index (χ3v) is 4.77. The van der Waals surface area contributed by atoms with Crippen LogP contribution < -0.4 is 15.8 Å². The summed E-state index contributed by atoms with van der Waals surface area (Å²) in [5.41, 5.74) is 6.79. The van der Waals surface area contributed by atoms with Gasteiger partial charge in [0, 0.05) is 29.6 Å². The maximum Gasteiger partial charge on any atom is 0.193 e. The van der Waals surface area contributed by atoms with Crippen molar-refractivity contribution in [2.24, 2.45) is 10.7 Å². The highest BCUT2D eigenvalue weighted by Gasteiger charge is 2.00. The molecule has 0 saturated carbocycles. The summed E-state index contributed by atoms with van der Waals surface area (Å²) in [6.45, 7) is 4.71. The van der Waals surface area contributed by atoms with Crippen molar-refractivity contribution in [3.8, 4) is 5.75 Å². The molecule has 0 spiro atoms. The van der Waals surface area contributed by atoms with Crippen LogP contribution in [-0.4, -0.2) is 29.3 Å². The monoisotopic (exact) mass is 478 g/mol. The lowest BCUT2D eigenvalue weighted by atomic mass is 10.3. The van der Waals surface area contributed by atoms with E-state index in [1.807, 2.05) is 49.7 Å². The minimum atomic E-state index is 0. The Kier molecular flexibility index (Phi) is 10.1. The van der Waals surface area contributed by atoms with Gasteiger partial charge in [-0.15, -0.1) is 35.3 Å². The number of ether oxygens (including phenoxy) is 1. The van der Waals surface area contributed by atoms with Crippen molar-refractivity contribution in [2.45, 2.75) is 30.7 Å². The van der Waals surface area contributed by atoms with E-state index in [1.165, 1.54) is 0 Å².